The summed E-state index contributed by atoms with van der Waals surface area (Å²) in [5.41, 5.74) is 1.12. The molecule has 1 fully saturated rings. The van der Waals surface area contributed by atoms with Crippen LogP contribution in [0.2, 0.25) is 0 Å². The number of ether oxygens (including phenoxy) is 1. The highest BCUT2D eigenvalue weighted by atomic mass is 16.5. The van der Waals surface area contributed by atoms with Crippen molar-refractivity contribution in [2.24, 2.45) is 0 Å². The summed E-state index contributed by atoms with van der Waals surface area (Å²) in [6.07, 6.45) is 9.23. The predicted octanol–water partition coefficient (Wildman–Crippen LogP) is 2.22. The number of para-hydroxylation sites is 1. The van der Waals surface area contributed by atoms with Crippen LogP contribution in [0.25, 0.3) is 5.76 Å². The van der Waals surface area contributed by atoms with Crippen molar-refractivity contribution in [3.8, 4) is 5.75 Å². The Kier molecular flexibility index (Phi) is 5.79. The SMILES string of the molecule is COc1ccccc1C1C(=C(O)c2ccncc2)C(=O)C(=O)N1CCC[n+]1cc[nH]c1. The van der Waals surface area contributed by atoms with Crippen molar-refractivity contribution in [3.05, 3.63) is 84.2 Å². The Hall–Kier alpha value is -3.94. The molecule has 2 aromatic heterocycles. The number of methoxy groups -OCH3 is 1. The van der Waals surface area contributed by atoms with Crippen molar-refractivity contribution in [1.82, 2.24) is 14.9 Å². The number of aromatic nitrogens is 3. The summed E-state index contributed by atoms with van der Waals surface area (Å²) in [4.78, 5) is 34.5. The fraction of sp³-hybridized carbons (Fsp3) is 0.217. The Labute approximate surface area is 179 Å². The maximum Gasteiger partial charge on any atom is 0.295 e. The molecule has 1 atom stereocenters. The lowest BCUT2D eigenvalue weighted by Crippen LogP contribution is -2.36. The summed E-state index contributed by atoms with van der Waals surface area (Å²) in [5.74, 6) is -1.02. The second kappa shape index (κ2) is 8.83. The predicted molar refractivity (Wildman–Crippen MR) is 112 cm³/mol. The molecule has 1 aromatic carbocycles. The maximum absolute atomic E-state index is 13.0. The van der Waals surface area contributed by atoms with Crippen LogP contribution in [0.3, 0.4) is 0 Å². The third-order valence-corrected chi connectivity index (χ3v) is 5.35. The molecule has 0 aliphatic carbocycles. The highest BCUT2D eigenvalue weighted by molar-refractivity contribution is 6.46. The average molecular weight is 419 g/mol. The molecule has 0 radical (unpaired) electrons. The number of ketones is 1. The van der Waals surface area contributed by atoms with Crippen molar-refractivity contribution >= 4 is 17.4 Å². The third-order valence-electron chi connectivity index (χ3n) is 5.35. The number of amides is 1. The third kappa shape index (κ3) is 3.92. The van der Waals surface area contributed by atoms with Crippen LogP contribution in [0.1, 0.15) is 23.6 Å². The lowest BCUT2D eigenvalue weighted by molar-refractivity contribution is -0.695. The van der Waals surface area contributed by atoms with Gasteiger partial charge in [0.1, 0.15) is 23.9 Å². The number of Topliss-reactive ketones (excluding diaryl/α,β-unsaturated/α-hetero) is 1. The number of likely N-dealkylation sites (tertiary alicyclic amines) is 1. The zero-order valence-corrected chi connectivity index (χ0v) is 17.1. The van der Waals surface area contributed by atoms with E-state index in [2.05, 4.69) is 9.97 Å². The van der Waals surface area contributed by atoms with E-state index in [1.165, 1.54) is 24.4 Å². The Balaban J connectivity index is 1.76. The molecule has 2 N–H and O–H groups in total. The number of imidazole rings is 1. The minimum atomic E-state index is -0.749. The van der Waals surface area contributed by atoms with Gasteiger partial charge in [-0.05, 0) is 18.2 Å². The van der Waals surface area contributed by atoms with Gasteiger partial charge in [-0.15, -0.1) is 0 Å². The molecule has 3 heterocycles. The van der Waals surface area contributed by atoms with Crippen LogP contribution >= 0.6 is 0 Å². The number of carbonyl (C=O) groups is 2. The summed E-state index contributed by atoms with van der Waals surface area (Å²) < 4.78 is 7.47. The summed E-state index contributed by atoms with van der Waals surface area (Å²) >= 11 is 0. The van der Waals surface area contributed by atoms with E-state index in [-0.39, 0.29) is 11.3 Å². The number of aliphatic hydroxyl groups is 1. The van der Waals surface area contributed by atoms with E-state index in [0.717, 1.165) is 0 Å². The highest BCUT2D eigenvalue weighted by Gasteiger charge is 2.46. The van der Waals surface area contributed by atoms with Crippen LogP contribution in [-0.4, -0.2) is 45.3 Å². The van der Waals surface area contributed by atoms with Crippen molar-refractivity contribution in [3.63, 3.8) is 0 Å². The number of H-pyrrole nitrogens is 1. The van der Waals surface area contributed by atoms with Crippen LogP contribution < -0.4 is 9.30 Å². The molecule has 8 nitrogen and oxygen atoms in total. The van der Waals surface area contributed by atoms with Crippen molar-refractivity contribution < 1.29 is 24.0 Å². The van der Waals surface area contributed by atoms with Gasteiger partial charge < -0.3 is 14.7 Å². The Morgan fingerprint density at radius 2 is 2.00 bits per heavy atom. The Bertz CT molecular complexity index is 1110. The molecule has 4 rings (SSSR count). The van der Waals surface area contributed by atoms with Gasteiger partial charge in [-0.25, -0.2) is 4.57 Å². The normalized spacial score (nSPS) is 17.8. The van der Waals surface area contributed by atoms with Gasteiger partial charge in [-0.2, -0.15) is 0 Å². The molecule has 158 valence electrons. The number of pyridine rings is 1. The van der Waals surface area contributed by atoms with Gasteiger partial charge >= 0.3 is 0 Å². The second-order valence-corrected chi connectivity index (χ2v) is 7.17. The number of nitrogens with zero attached hydrogens (tertiary/aromatic N) is 3. The van der Waals surface area contributed by atoms with E-state index in [4.69, 9.17) is 4.74 Å². The van der Waals surface area contributed by atoms with E-state index in [1.54, 1.807) is 18.2 Å². The fourth-order valence-electron chi connectivity index (χ4n) is 3.87. The number of aromatic amines is 1. The van der Waals surface area contributed by atoms with Crippen molar-refractivity contribution in [1.29, 1.82) is 0 Å². The van der Waals surface area contributed by atoms with Gasteiger partial charge in [0.2, 0.25) is 6.33 Å². The number of carbonyl (C=O) groups excluding carboxylic acids is 2. The number of rotatable bonds is 7. The lowest BCUT2D eigenvalue weighted by atomic mass is 9.95. The van der Waals surface area contributed by atoms with Gasteiger partial charge in [0.25, 0.3) is 11.7 Å². The molecular weight excluding hydrogens is 396 g/mol. The largest absolute Gasteiger partial charge is 0.507 e. The molecule has 0 saturated carbocycles. The fourth-order valence-corrected chi connectivity index (χ4v) is 3.87. The number of aliphatic hydroxyl groups excluding tert-OH is 1. The first-order valence-corrected chi connectivity index (χ1v) is 9.95. The van der Waals surface area contributed by atoms with Crippen molar-refractivity contribution in [2.75, 3.05) is 13.7 Å². The molecule has 1 aliphatic rings. The monoisotopic (exact) mass is 419 g/mol. The quantitative estimate of drug-likeness (QED) is 0.265. The molecule has 1 aliphatic heterocycles. The highest BCUT2D eigenvalue weighted by Crippen LogP contribution is 2.42. The number of hydrogen-bond acceptors (Lipinski definition) is 5. The van der Waals surface area contributed by atoms with E-state index < -0.39 is 17.7 Å². The summed E-state index contributed by atoms with van der Waals surface area (Å²) in [6, 6.07) is 9.68. The topological polar surface area (TPSA) is 99.4 Å². The number of benzene rings is 1. The summed E-state index contributed by atoms with van der Waals surface area (Å²) in [6.45, 7) is 1.02. The van der Waals surface area contributed by atoms with Crippen LogP contribution in [0.4, 0.5) is 0 Å². The van der Waals surface area contributed by atoms with Gasteiger partial charge in [0.05, 0.1) is 25.3 Å². The summed E-state index contributed by atoms with van der Waals surface area (Å²) in [7, 11) is 1.54. The average Bonchev–Trinajstić information content (AvgIpc) is 3.41. The molecule has 0 spiro atoms. The molecule has 8 heteroatoms. The van der Waals surface area contributed by atoms with E-state index >= 15 is 0 Å². The van der Waals surface area contributed by atoms with Gasteiger partial charge in [-0.1, -0.05) is 18.2 Å². The molecule has 0 bridgehead atoms. The number of aryl methyl sites for hydroxylation is 1. The van der Waals surface area contributed by atoms with Gasteiger partial charge in [0.15, 0.2) is 0 Å². The Morgan fingerprint density at radius 3 is 2.71 bits per heavy atom. The first-order chi connectivity index (χ1) is 15.1. The summed E-state index contributed by atoms with van der Waals surface area (Å²) in [5, 5.41) is 11.0. The van der Waals surface area contributed by atoms with Crippen LogP contribution in [-0.2, 0) is 16.1 Å². The Morgan fingerprint density at radius 1 is 1.23 bits per heavy atom. The lowest BCUT2D eigenvalue weighted by Gasteiger charge is -2.26. The van der Waals surface area contributed by atoms with Crippen molar-refractivity contribution in [2.45, 2.75) is 19.0 Å². The van der Waals surface area contributed by atoms with Crippen LogP contribution in [0, 0.1) is 0 Å². The van der Waals surface area contributed by atoms with Gasteiger partial charge in [0, 0.05) is 36.5 Å². The van der Waals surface area contributed by atoms with E-state index in [0.29, 0.717) is 36.4 Å². The molecular formula is C23H23N4O4+. The zero-order valence-electron chi connectivity index (χ0n) is 17.1. The molecule has 1 amide bonds. The molecule has 1 saturated heterocycles. The molecule has 1 unspecified atom stereocenters. The molecule has 31 heavy (non-hydrogen) atoms. The zero-order chi connectivity index (χ0) is 21.8. The van der Waals surface area contributed by atoms with E-state index in [9.17, 15) is 14.7 Å². The van der Waals surface area contributed by atoms with Gasteiger partial charge in [-0.3, -0.25) is 19.6 Å². The first kappa shape index (κ1) is 20.3. The standard InChI is InChI=1S/C23H22N4O4/c1-31-18-6-3-2-5-17(18)20-19(21(28)16-7-9-24-10-8-16)22(29)23(30)27(20)13-4-12-26-14-11-25-15-26/h2-3,5-11,14-15,20H,4,12-13H2,1H3,(H,28,29)/p+1. The number of nitrogens with one attached hydrogen (secondary N) is 1. The van der Waals surface area contributed by atoms with Crippen LogP contribution in [0.15, 0.2) is 73.1 Å². The maximum atomic E-state index is 13.0. The second-order valence-electron chi connectivity index (χ2n) is 7.17. The van der Waals surface area contributed by atoms with Crippen LogP contribution in [0.5, 0.6) is 5.75 Å². The molecule has 3 aromatic rings. The first-order valence-electron chi connectivity index (χ1n) is 9.95. The smallest absolute Gasteiger partial charge is 0.295 e. The minimum absolute atomic E-state index is 0.0509. The van der Waals surface area contributed by atoms with E-state index in [1.807, 2.05) is 41.5 Å². The minimum Gasteiger partial charge on any atom is -0.507 e. The number of hydrogen-bond donors (Lipinski definition) is 2.